The predicted octanol–water partition coefficient (Wildman–Crippen LogP) is 3.27. The van der Waals surface area contributed by atoms with Gasteiger partial charge in [-0.25, -0.2) is 0 Å². The molecule has 8 heteroatoms. The van der Waals surface area contributed by atoms with Gasteiger partial charge in [0.1, 0.15) is 5.75 Å². The molecule has 1 aromatic carbocycles. The van der Waals surface area contributed by atoms with Crippen LogP contribution in [-0.2, 0) is 20.7 Å². The van der Waals surface area contributed by atoms with E-state index in [9.17, 15) is 21.6 Å². The second kappa shape index (κ2) is 7.13. The average molecular weight is 326 g/mol. The van der Waals surface area contributed by atoms with E-state index in [-0.39, 0.29) is 6.42 Å². The van der Waals surface area contributed by atoms with Crippen LogP contribution in [0.1, 0.15) is 25.3 Å². The van der Waals surface area contributed by atoms with Crippen LogP contribution in [-0.4, -0.2) is 27.1 Å². The van der Waals surface area contributed by atoms with Crippen LogP contribution in [0.5, 0.6) is 5.75 Å². The van der Waals surface area contributed by atoms with Crippen molar-refractivity contribution in [3.8, 4) is 5.75 Å². The van der Waals surface area contributed by atoms with E-state index in [1.165, 1.54) is 6.92 Å². The lowest BCUT2D eigenvalue weighted by atomic mass is 10.1. The smallest absolute Gasteiger partial charge is 0.497 e. The normalized spacial score (nSPS) is 14.0. The van der Waals surface area contributed by atoms with E-state index in [1.54, 1.807) is 19.2 Å². The highest BCUT2D eigenvalue weighted by Gasteiger charge is 2.48. The molecular weight excluding hydrogens is 309 g/mol. The fourth-order valence-electron chi connectivity index (χ4n) is 1.70. The largest absolute Gasteiger partial charge is 0.523 e. The number of hydrogen-bond donors (Lipinski definition) is 0. The third-order valence-corrected chi connectivity index (χ3v) is 3.96. The van der Waals surface area contributed by atoms with E-state index < -0.39 is 21.7 Å². The third-order valence-electron chi connectivity index (χ3n) is 2.81. The Labute approximate surface area is 122 Å². The molecule has 21 heavy (non-hydrogen) atoms. The van der Waals surface area contributed by atoms with E-state index in [0.717, 1.165) is 5.56 Å². The lowest BCUT2D eigenvalue weighted by molar-refractivity contribution is -0.0570. The molecule has 0 aliphatic heterocycles. The summed E-state index contributed by atoms with van der Waals surface area (Å²) in [5.41, 5.74) is -4.39. The lowest BCUT2D eigenvalue weighted by Gasteiger charge is -2.14. The minimum absolute atomic E-state index is 0.210. The molecule has 0 aromatic heterocycles. The first kappa shape index (κ1) is 17.8. The van der Waals surface area contributed by atoms with E-state index in [1.807, 2.05) is 12.1 Å². The maximum Gasteiger partial charge on any atom is 0.523 e. The molecule has 120 valence electrons. The molecule has 0 saturated carbocycles. The van der Waals surface area contributed by atoms with E-state index in [4.69, 9.17) is 4.74 Å². The SMILES string of the molecule is COc1ccc(CCC[C@@H](C)OS(=O)(=O)C(F)(F)F)cc1. The molecule has 0 radical (unpaired) electrons. The van der Waals surface area contributed by atoms with Gasteiger partial charge >= 0.3 is 15.6 Å². The van der Waals surface area contributed by atoms with Gasteiger partial charge in [0.25, 0.3) is 0 Å². The van der Waals surface area contributed by atoms with Crippen LogP contribution in [0.15, 0.2) is 24.3 Å². The van der Waals surface area contributed by atoms with Crippen molar-refractivity contribution in [2.24, 2.45) is 0 Å². The van der Waals surface area contributed by atoms with Crippen LogP contribution < -0.4 is 4.74 Å². The first-order chi connectivity index (χ1) is 9.65. The van der Waals surface area contributed by atoms with Crippen LogP contribution in [0.2, 0.25) is 0 Å². The first-order valence-corrected chi connectivity index (χ1v) is 7.69. The molecule has 0 aliphatic rings. The number of hydrogen-bond acceptors (Lipinski definition) is 4. The fraction of sp³-hybridized carbons (Fsp3) is 0.538. The number of aryl methyl sites for hydroxylation is 1. The van der Waals surface area contributed by atoms with Crippen molar-refractivity contribution in [3.63, 3.8) is 0 Å². The highest BCUT2D eigenvalue weighted by atomic mass is 32.2. The van der Waals surface area contributed by atoms with Crippen LogP contribution in [0.3, 0.4) is 0 Å². The molecule has 4 nitrogen and oxygen atoms in total. The highest BCUT2D eigenvalue weighted by Crippen LogP contribution is 2.26. The molecule has 0 fully saturated rings. The van der Waals surface area contributed by atoms with Gasteiger partial charge in [-0.1, -0.05) is 12.1 Å². The zero-order valence-electron chi connectivity index (χ0n) is 11.7. The third kappa shape index (κ3) is 5.55. The Hall–Kier alpha value is -1.28. The van der Waals surface area contributed by atoms with Gasteiger partial charge in [-0.3, -0.25) is 4.18 Å². The van der Waals surface area contributed by atoms with Crippen molar-refractivity contribution in [1.82, 2.24) is 0 Å². The molecule has 0 spiro atoms. The predicted molar refractivity (Wildman–Crippen MR) is 71.5 cm³/mol. The van der Waals surface area contributed by atoms with Crippen molar-refractivity contribution in [1.29, 1.82) is 0 Å². The molecule has 0 N–H and O–H groups in total. The van der Waals surface area contributed by atoms with Gasteiger partial charge in [0.2, 0.25) is 0 Å². The summed E-state index contributed by atoms with van der Waals surface area (Å²) in [6, 6.07) is 7.25. The molecule has 1 atom stereocenters. The monoisotopic (exact) mass is 326 g/mol. The van der Waals surface area contributed by atoms with Crippen molar-refractivity contribution < 1.29 is 30.5 Å². The Balaban J connectivity index is 2.41. The number of ether oxygens (including phenoxy) is 1. The molecular formula is C13H17F3O4S. The summed E-state index contributed by atoms with van der Waals surface area (Å²) >= 11 is 0. The maximum absolute atomic E-state index is 12.1. The van der Waals surface area contributed by atoms with Crippen molar-refractivity contribution in [2.45, 2.75) is 37.8 Å². The van der Waals surface area contributed by atoms with Gasteiger partial charge in [0.15, 0.2) is 0 Å². The summed E-state index contributed by atoms with van der Waals surface area (Å²) in [6.07, 6.45) is 0.321. The fourth-order valence-corrected chi connectivity index (χ4v) is 2.34. The lowest BCUT2D eigenvalue weighted by Crippen LogP contribution is -2.29. The van der Waals surface area contributed by atoms with Gasteiger partial charge in [-0.2, -0.15) is 21.6 Å². The number of methoxy groups -OCH3 is 1. The van der Waals surface area contributed by atoms with E-state index >= 15 is 0 Å². The second-order valence-electron chi connectivity index (χ2n) is 4.55. The number of halogens is 3. The summed E-state index contributed by atoms with van der Waals surface area (Å²) in [6.45, 7) is 1.30. The first-order valence-electron chi connectivity index (χ1n) is 6.28. The zero-order valence-corrected chi connectivity index (χ0v) is 12.5. The van der Waals surface area contributed by atoms with Gasteiger partial charge in [-0.05, 0) is 43.9 Å². The highest BCUT2D eigenvalue weighted by molar-refractivity contribution is 7.87. The number of benzene rings is 1. The van der Waals surface area contributed by atoms with Crippen molar-refractivity contribution in [3.05, 3.63) is 29.8 Å². The molecule has 1 rings (SSSR count). The van der Waals surface area contributed by atoms with Crippen LogP contribution >= 0.6 is 0 Å². The van der Waals surface area contributed by atoms with Crippen molar-refractivity contribution >= 4 is 10.1 Å². The van der Waals surface area contributed by atoms with Crippen LogP contribution in [0, 0.1) is 0 Å². The zero-order chi connectivity index (χ0) is 16.1. The van der Waals surface area contributed by atoms with Crippen LogP contribution in [0.25, 0.3) is 0 Å². The molecule has 0 saturated heterocycles. The Morgan fingerprint density at radius 3 is 2.24 bits per heavy atom. The molecule has 0 heterocycles. The topological polar surface area (TPSA) is 52.6 Å². The Bertz CT molecular complexity index is 538. The minimum Gasteiger partial charge on any atom is -0.497 e. The molecule has 0 unspecified atom stereocenters. The van der Waals surface area contributed by atoms with Gasteiger partial charge < -0.3 is 4.74 Å². The average Bonchev–Trinajstić information content (AvgIpc) is 2.37. The van der Waals surface area contributed by atoms with Gasteiger partial charge in [0.05, 0.1) is 13.2 Å². The summed E-state index contributed by atoms with van der Waals surface area (Å²) in [7, 11) is -3.97. The van der Waals surface area contributed by atoms with Gasteiger partial charge in [0, 0.05) is 0 Å². The van der Waals surface area contributed by atoms with Crippen LogP contribution in [0.4, 0.5) is 13.2 Å². The van der Waals surface area contributed by atoms with Crippen molar-refractivity contribution in [2.75, 3.05) is 7.11 Å². The number of rotatable bonds is 7. The summed E-state index contributed by atoms with van der Waals surface area (Å²) in [4.78, 5) is 0. The summed E-state index contributed by atoms with van der Waals surface area (Å²) in [5.74, 6) is 0.715. The Kier molecular flexibility index (Phi) is 6.03. The standard InChI is InChI=1S/C13H17F3O4S/c1-10(20-21(17,18)13(14,15)16)4-3-5-11-6-8-12(19-2)9-7-11/h6-10H,3-5H2,1-2H3/t10-/m1/s1. The second-order valence-corrected chi connectivity index (χ2v) is 6.11. The summed E-state index contributed by atoms with van der Waals surface area (Å²) < 4.78 is 67.1. The minimum atomic E-state index is -5.52. The molecule has 0 aliphatic carbocycles. The number of alkyl halides is 3. The molecule has 0 bridgehead atoms. The van der Waals surface area contributed by atoms with E-state index in [2.05, 4.69) is 4.18 Å². The quantitative estimate of drug-likeness (QED) is 0.570. The molecule has 1 aromatic rings. The Morgan fingerprint density at radius 2 is 1.76 bits per heavy atom. The maximum atomic E-state index is 12.1. The molecule has 0 amide bonds. The van der Waals surface area contributed by atoms with Gasteiger partial charge in [-0.15, -0.1) is 0 Å². The van der Waals surface area contributed by atoms with E-state index in [0.29, 0.717) is 18.6 Å². The Morgan fingerprint density at radius 1 is 1.19 bits per heavy atom. The summed E-state index contributed by atoms with van der Waals surface area (Å²) in [5, 5.41) is 0.